The van der Waals surface area contributed by atoms with E-state index in [-0.39, 0.29) is 35.7 Å². The van der Waals surface area contributed by atoms with Crippen LogP contribution in [-0.2, 0) is 20.6 Å². The first kappa shape index (κ1) is 22.6. The topological polar surface area (TPSA) is 99.7 Å². The molecule has 1 aliphatic carbocycles. The number of rotatable bonds is 6. The molecule has 158 valence electrons. The number of hydrazone groups is 1. The van der Waals surface area contributed by atoms with Gasteiger partial charge in [0.1, 0.15) is 0 Å². The average molecular weight is 420 g/mol. The maximum absolute atomic E-state index is 12.7. The second kappa shape index (κ2) is 9.71. The van der Waals surface area contributed by atoms with Crippen molar-refractivity contribution >= 4 is 29.1 Å². The van der Waals surface area contributed by atoms with E-state index in [9.17, 15) is 27.6 Å². The van der Waals surface area contributed by atoms with Crippen LogP contribution in [0.15, 0.2) is 58.5 Å². The van der Waals surface area contributed by atoms with Crippen molar-refractivity contribution in [1.82, 2.24) is 10.7 Å². The number of alkyl halides is 3. The van der Waals surface area contributed by atoms with Crippen molar-refractivity contribution in [3.8, 4) is 0 Å². The van der Waals surface area contributed by atoms with Crippen LogP contribution in [0.1, 0.15) is 32.3 Å². The third-order valence-corrected chi connectivity index (χ3v) is 3.76. The molecule has 1 aromatic carbocycles. The summed E-state index contributed by atoms with van der Waals surface area (Å²) < 4.78 is 38.2. The molecule has 0 atom stereocenters. The van der Waals surface area contributed by atoms with Crippen LogP contribution in [0, 0.1) is 0 Å². The minimum atomic E-state index is -4.51. The first-order valence-electron chi connectivity index (χ1n) is 8.78. The summed E-state index contributed by atoms with van der Waals surface area (Å²) >= 11 is 0. The first-order chi connectivity index (χ1) is 14.0. The highest BCUT2D eigenvalue weighted by Gasteiger charge is 2.30. The van der Waals surface area contributed by atoms with Crippen LogP contribution in [0.4, 0.5) is 18.9 Å². The van der Waals surface area contributed by atoms with Crippen molar-refractivity contribution in [2.24, 2.45) is 5.10 Å². The van der Waals surface area contributed by atoms with E-state index >= 15 is 0 Å². The second-order valence-corrected chi connectivity index (χ2v) is 6.40. The van der Waals surface area contributed by atoms with E-state index in [4.69, 9.17) is 0 Å². The van der Waals surface area contributed by atoms with Gasteiger partial charge in [-0.3, -0.25) is 14.4 Å². The normalized spacial score (nSPS) is 13.8. The molecule has 0 aliphatic heterocycles. The number of hydrogen-bond donors (Lipinski definition) is 3. The molecule has 0 unspecified atom stereocenters. The zero-order chi connectivity index (χ0) is 22.3. The molecular formula is C20H19F3N4O3. The molecule has 7 nitrogen and oxygen atoms in total. The zero-order valence-electron chi connectivity index (χ0n) is 16.2. The predicted octanol–water partition coefficient (Wildman–Crippen LogP) is 3.03. The summed E-state index contributed by atoms with van der Waals surface area (Å²) in [6, 6.07) is 4.26. The van der Waals surface area contributed by atoms with Crippen molar-refractivity contribution in [3.05, 3.63) is 59.0 Å². The lowest BCUT2D eigenvalue weighted by Crippen LogP contribution is -2.24. The molecule has 3 amide bonds. The van der Waals surface area contributed by atoms with Crippen LogP contribution in [0.2, 0.25) is 0 Å². The maximum atomic E-state index is 12.7. The molecule has 1 aliphatic rings. The Bertz CT molecular complexity index is 987. The standard InChI is InChI=1S/C20H19F3N4O3/c1-12(10-18(29)25-17-5-3-4-15(11-17)20(21,22)23)26-27-19(30)14-6-8-16(9-7-14)24-13(2)28/h3-5,8-9,11H,6,10H2,1-2H3,(H,24,28)(H,25,29)(H,27,30)/b26-12+. The molecule has 0 bridgehead atoms. The SMILES string of the molecule is CC(=O)NC1=CCC(C(=O)N/N=C(\C)CC(=O)Nc2cccc(C(F)(F)F)c2)=C=C1. The highest BCUT2D eigenvalue weighted by molar-refractivity contribution is 6.06. The van der Waals surface area contributed by atoms with Crippen molar-refractivity contribution in [1.29, 1.82) is 0 Å². The number of carbonyl (C=O) groups is 3. The van der Waals surface area contributed by atoms with Crippen molar-refractivity contribution in [3.63, 3.8) is 0 Å². The minimum Gasteiger partial charge on any atom is -0.326 e. The monoisotopic (exact) mass is 420 g/mol. The summed E-state index contributed by atoms with van der Waals surface area (Å²) in [5, 5.41) is 8.74. The third kappa shape index (κ3) is 7.06. The summed E-state index contributed by atoms with van der Waals surface area (Å²) in [4.78, 5) is 35.1. The van der Waals surface area contributed by atoms with E-state index in [0.717, 1.165) is 12.1 Å². The van der Waals surface area contributed by atoms with Gasteiger partial charge in [0.25, 0.3) is 5.91 Å². The second-order valence-electron chi connectivity index (χ2n) is 6.40. The predicted molar refractivity (Wildman–Crippen MR) is 104 cm³/mol. The first-order valence-corrected chi connectivity index (χ1v) is 8.78. The smallest absolute Gasteiger partial charge is 0.326 e. The van der Waals surface area contributed by atoms with Gasteiger partial charge >= 0.3 is 6.18 Å². The fraction of sp³-hybridized carbons (Fsp3) is 0.250. The van der Waals surface area contributed by atoms with E-state index in [1.165, 1.54) is 32.1 Å². The Morgan fingerprint density at radius 1 is 1.17 bits per heavy atom. The zero-order valence-corrected chi connectivity index (χ0v) is 16.2. The number of hydrogen-bond acceptors (Lipinski definition) is 4. The number of amides is 3. The average Bonchev–Trinajstić information content (AvgIpc) is 2.65. The van der Waals surface area contributed by atoms with Crippen molar-refractivity contribution in [2.45, 2.75) is 32.9 Å². The van der Waals surface area contributed by atoms with Gasteiger partial charge in [-0.2, -0.15) is 18.3 Å². The van der Waals surface area contributed by atoms with Crippen LogP contribution < -0.4 is 16.1 Å². The number of allylic oxidation sites excluding steroid dienone is 2. The van der Waals surface area contributed by atoms with Gasteiger partial charge in [-0.05, 0) is 25.1 Å². The Hall–Kier alpha value is -3.65. The van der Waals surface area contributed by atoms with Crippen LogP contribution in [-0.4, -0.2) is 23.4 Å². The van der Waals surface area contributed by atoms with E-state index in [1.807, 2.05) is 0 Å². The number of carbonyl (C=O) groups excluding carboxylic acids is 3. The highest BCUT2D eigenvalue weighted by atomic mass is 19.4. The Kier molecular flexibility index (Phi) is 7.32. The summed E-state index contributed by atoms with van der Waals surface area (Å²) in [6.45, 7) is 2.85. The molecule has 10 heteroatoms. The Balaban J connectivity index is 1.90. The van der Waals surface area contributed by atoms with E-state index < -0.39 is 23.6 Å². The lowest BCUT2D eigenvalue weighted by atomic mass is 10.1. The quantitative estimate of drug-likeness (QED) is 0.375. The molecule has 30 heavy (non-hydrogen) atoms. The molecule has 0 spiro atoms. The van der Waals surface area contributed by atoms with Crippen LogP contribution >= 0.6 is 0 Å². The molecule has 3 N–H and O–H groups in total. The number of nitrogens with one attached hydrogen (secondary N) is 3. The minimum absolute atomic E-state index is 0.00548. The Morgan fingerprint density at radius 2 is 1.90 bits per heavy atom. The fourth-order valence-corrected chi connectivity index (χ4v) is 2.41. The Morgan fingerprint density at radius 3 is 2.50 bits per heavy atom. The summed E-state index contributed by atoms with van der Waals surface area (Å²) in [5.74, 6) is -1.35. The van der Waals surface area contributed by atoms with Gasteiger partial charge in [-0.25, -0.2) is 5.43 Å². The van der Waals surface area contributed by atoms with Gasteiger partial charge in [-0.15, -0.1) is 5.73 Å². The maximum Gasteiger partial charge on any atom is 0.416 e. The molecular weight excluding hydrogens is 401 g/mol. The van der Waals surface area contributed by atoms with Gasteiger partial charge in [0.05, 0.1) is 17.6 Å². The van der Waals surface area contributed by atoms with E-state index in [0.29, 0.717) is 5.70 Å². The third-order valence-electron chi connectivity index (χ3n) is 3.76. The van der Waals surface area contributed by atoms with Gasteiger partial charge < -0.3 is 10.6 Å². The molecule has 0 saturated carbocycles. The number of benzene rings is 1. The van der Waals surface area contributed by atoms with Crippen molar-refractivity contribution in [2.75, 3.05) is 5.32 Å². The van der Waals surface area contributed by atoms with Gasteiger partial charge in [0, 0.05) is 36.5 Å². The number of nitrogens with zero attached hydrogens (tertiary/aromatic N) is 1. The summed E-state index contributed by atoms with van der Waals surface area (Å²) in [7, 11) is 0. The van der Waals surface area contributed by atoms with E-state index in [1.54, 1.807) is 6.08 Å². The van der Waals surface area contributed by atoms with Gasteiger partial charge in [0.15, 0.2) is 0 Å². The Labute approximate surface area is 170 Å². The molecule has 2 rings (SSSR count). The molecule has 0 aromatic heterocycles. The molecule has 0 heterocycles. The molecule has 0 radical (unpaired) electrons. The fourth-order valence-electron chi connectivity index (χ4n) is 2.41. The van der Waals surface area contributed by atoms with Crippen molar-refractivity contribution < 1.29 is 27.6 Å². The summed E-state index contributed by atoms with van der Waals surface area (Å²) in [5.41, 5.74) is 5.24. The number of halogens is 3. The largest absolute Gasteiger partial charge is 0.416 e. The van der Waals surface area contributed by atoms with E-state index in [2.05, 4.69) is 26.9 Å². The lowest BCUT2D eigenvalue weighted by molar-refractivity contribution is -0.137. The molecule has 0 fully saturated rings. The molecule has 0 saturated heterocycles. The van der Waals surface area contributed by atoms with Crippen LogP contribution in [0.3, 0.4) is 0 Å². The summed E-state index contributed by atoms with van der Waals surface area (Å²) in [6.07, 6.45) is -1.39. The van der Waals surface area contributed by atoms with Gasteiger partial charge in [0.2, 0.25) is 11.8 Å². The highest BCUT2D eigenvalue weighted by Crippen LogP contribution is 2.30. The van der Waals surface area contributed by atoms with Crippen LogP contribution in [0.5, 0.6) is 0 Å². The molecule has 1 aromatic rings. The number of anilines is 1. The van der Waals surface area contributed by atoms with Crippen LogP contribution in [0.25, 0.3) is 0 Å². The lowest BCUT2D eigenvalue weighted by Gasteiger charge is -2.10. The van der Waals surface area contributed by atoms with Gasteiger partial charge in [-0.1, -0.05) is 12.1 Å².